The van der Waals surface area contributed by atoms with Crippen LogP contribution in [0.2, 0.25) is 0 Å². The predicted molar refractivity (Wildman–Crippen MR) is 49.6 cm³/mol. The second-order valence-corrected chi connectivity index (χ2v) is 2.71. The maximum absolute atomic E-state index is 10.7. The average molecular weight is 214 g/mol. The maximum Gasteiger partial charge on any atom is 0.339 e. The van der Waals surface area contributed by atoms with E-state index in [2.05, 4.69) is 0 Å². The minimum atomic E-state index is -1.37. The van der Waals surface area contributed by atoms with Crippen molar-refractivity contribution in [3.05, 3.63) is 11.6 Å². The van der Waals surface area contributed by atoms with Gasteiger partial charge in [-0.15, -0.1) is 0 Å². The van der Waals surface area contributed by atoms with Gasteiger partial charge in [-0.3, -0.25) is 0 Å². The summed E-state index contributed by atoms with van der Waals surface area (Å²) in [6, 6.07) is 0.808. The Morgan fingerprint density at radius 3 is 2.40 bits per heavy atom. The van der Waals surface area contributed by atoms with E-state index in [4.69, 9.17) is 20.1 Å². The molecule has 0 spiro atoms. The molecule has 0 amide bonds. The Morgan fingerprint density at radius 1 is 1.33 bits per heavy atom. The number of carbonyl (C=O) groups is 1. The number of aromatic hydroxyl groups is 3. The van der Waals surface area contributed by atoms with Crippen LogP contribution in [-0.2, 0) is 0 Å². The fourth-order valence-corrected chi connectivity index (χ4v) is 1.08. The minimum absolute atomic E-state index is 0.123. The zero-order chi connectivity index (χ0) is 11.6. The van der Waals surface area contributed by atoms with Gasteiger partial charge in [-0.25, -0.2) is 4.79 Å². The fraction of sp³-hybridized carbons (Fsp3) is 0.222. The highest BCUT2D eigenvalue weighted by Gasteiger charge is 2.22. The molecule has 0 fully saturated rings. The third-order valence-corrected chi connectivity index (χ3v) is 1.73. The van der Waals surface area contributed by atoms with E-state index in [0.29, 0.717) is 0 Å². The Bertz CT molecular complexity index is 398. The van der Waals surface area contributed by atoms with E-state index in [9.17, 15) is 9.90 Å². The molecule has 4 N–H and O–H groups in total. The molecule has 6 heteroatoms. The molecule has 0 unspecified atom stereocenters. The second-order valence-electron chi connectivity index (χ2n) is 2.71. The molecule has 0 aromatic heterocycles. The summed E-state index contributed by atoms with van der Waals surface area (Å²) in [5.74, 6) is -4.03. The van der Waals surface area contributed by atoms with E-state index < -0.39 is 28.8 Å². The minimum Gasteiger partial charge on any atom is -0.504 e. The number of hydrogen-bond acceptors (Lipinski definition) is 5. The number of aromatic carboxylic acids is 1. The largest absolute Gasteiger partial charge is 0.504 e. The van der Waals surface area contributed by atoms with E-state index in [-0.39, 0.29) is 12.4 Å². The van der Waals surface area contributed by atoms with Crippen molar-refractivity contribution in [2.45, 2.75) is 6.92 Å². The standard InChI is InChI=1S/C9H10O6/c1-2-15-8-4(9(13)14)3-5(10)6(11)7(8)12/h3,10-12H,2H2,1H3,(H,13,14). The monoisotopic (exact) mass is 214 g/mol. The van der Waals surface area contributed by atoms with E-state index in [1.807, 2.05) is 0 Å². The van der Waals surface area contributed by atoms with Gasteiger partial charge in [0.25, 0.3) is 0 Å². The molecule has 0 radical (unpaired) electrons. The van der Waals surface area contributed by atoms with Crippen LogP contribution in [0.3, 0.4) is 0 Å². The van der Waals surface area contributed by atoms with Crippen LogP contribution in [0.25, 0.3) is 0 Å². The smallest absolute Gasteiger partial charge is 0.339 e. The number of phenolic OH excluding ortho intramolecular Hbond substituents is 3. The lowest BCUT2D eigenvalue weighted by molar-refractivity contribution is 0.0691. The Balaban J connectivity index is 3.43. The first-order valence-corrected chi connectivity index (χ1v) is 4.13. The van der Waals surface area contributed by atoms with Crippen molar-refractivity contribution in [1.82, 2.24) is 0 Å². The fourth-order valence-electron chi connectivity index (χ4n) is 1.08. The van der Waals surface area contributed by atoms with Crippen LogP contribution in [0.15, 0.2) is 6.07 Å². The van der Waals surface area contributed by atoms with Crippen molar-refractivity contribution in [3.63, 3.8) is 0 Å². The molecule has 1 aromatic carbocycles. The molecule has 0 bridgehead atoms. The Labute approximate surface area is 85.0 Å². The highest BCUT2D eigenvalue weighted by Crippen LogP contribution is 2.44. The first kappa shape index (κ1) is 11.0. The topological polar surface area (TPSA) is 107 Å². The van der Waals surface area contributed by atoms with Gasteiger partial charge in [0.1, 0.15) is 5.56 Å². The van der Waals surface area contributed by atoms with Gasteiger partial charge in [-0.2, -0.15) is 0 Å². The first-order valence-electron chi connectivity index (χ1n) is 4.13. The Hall–Kier alpha value is -2.11. The van der Waals surface area contributed by atoms with Gasteiger partial charge in [0.15, 0.2) is 11.5 Å². The lowest BCUT2D eigenvalue weighted by Gasteiger charge is -2.11. The molecule has 0 aliphatic carbocycles. The van der Waals surface area contributed by atoms with Crippen LogP contribution in [0.4, 0.5) is 0 Å². The van der Waals surface area contributed by atoms with Crippen molar-refractivity contribution in [2.24, 2.45) is 0 Å². The number of carboxylic acid groups (broad SMARTS) is 1. The number of hydrogen-bond donors (Lipinski definition) is 4. The number of carboxylic acids is 1. The molecule has 1 aromatic rings. The SMILES string of the molecule is CCOc1c(C(=O)O)cc(O)c(O)c1O. The summed E-state index contributed by atoms with van der Waals surface area (Å²) in [5.41, 5.74) is -0.412. The summed E-state index contributed by atoms with van der Waals surface area (Å²) in [4.78, 5) is 10.7. The van der Waals surface area contributed by atoms with Crippen molar-refractivity contribution in [3.8, 4) is 23.0 Å². The van der Waals surface area contributed by atoms with Gasteiger partial charge in [0.05, 0.1) is 6.61 Å². The summed E-state index contributed by atoms with van der Waals surface area (Å²) < 4.78 is 4.86. The van der Waals surface area contributed by atoms with Gasteiger partial charge < -0.3 is 25.2 Å². The maximum atomic E-state index is 10.7. The second kappa shape index (κ2) is 3.95. The molecule has 15 heavy (non-hydrogen) atoms. The molecule has 0 saturated carbocycles. The van der Waals surface area contributed by atoms with Crippen LogP contribution in [0.5, 0.6) is 23.0 Å². The van der Waals surface area contributed by atoms with E-state index >= 15 is 0 Å². The van der Waals surface area contributed by atoms with Crippen molar-refractivity contribution < 1.29 is 30.0 Å². The lowest BCUT2D eigenvalue weighted by atomic mass is 10.1. The molecule has 0 aliphatic rings. The molecule has 1 rings (SSSR count). The Morgan fingerprint density at radius 2 is 1.93 bits per heavy atom. The predicted octanol–water partition coefficient (Wildman–Crippen LogP) is 0.900. The number of phenols is 3. The first-order chi connectivity index (χ1) is 6.99. The van der Waals surface area contributed by atoms with E-state index in [1.54, 1.807) is 6.92 Å². The third kappa shape index (κ3) is 1.88. The van der Waals surface area contributed by atoms with Crippen LogP contribution >= 0.6 is 0 Å². The van der Waals surface area contributed by atoms with Crippen LogP contribution in [0.1, 0.15) is 17.3 Å². The van der Waals surface area contributed by atoms with Gasteiger partial charge >= 0.3 is 5.97 Å². The van der Waals surface area contributed by atoms with E-state index in [1.165, 1.54) is 0 Å². The van der Waals surface area contributed by atoms with Crippen molar-refractivity contribution >= 4 is 5.97 Å². The summed E-state index contributed by atoms with van der Waals surface area (Å²) in [7, 11) is 0. The van der Waals surface area contributed by atoms with Crippen molar-refractivity contribution in [1.29, 1.82) is 0 Å². The molecule has 0 aliphatic heterocycles. The molecule has 6 nitrogen and oxygen atoms in total. The number of rotatable bonds is 3. The molecular formula is C9H10O6. The molecule has 82 valence electrons. The third-order valence-electron chi connectivity index (χ3n) is 1.73. The lowest BCUT2D eigenvalue weighted by Crippen LogP contribution is -2.03. The highest BCUT2D eigenvalue weighted by molar-refractivity contribution is 5.93. The molecule has 0 heterocycles. The van der Waals surface area contributed by atoms with Gasteiger partial charge in [0, 0.05) is 6.07 Å². The molecular weight excluding hydrogens is 204 g/mol. The van der Waals surface area contributed by atoms with E-state index in [0.717, 1.165) is 6.07 Å². The zero-order valence-electron chi connectivity index (χ0n) is 7.89. The van der Waals surface area contributed by atoms with Crippen molar-refractivity contribution in [2.75, 3.05) is 6.61 Å². The normalized spacial score (nSPS) is 9.93. The average Bonchev–Trinajstić information content (AvgIpc) is 2.18. The zero-order valence-corrected chi connectivity index (χ0v) is 7.89. The summed E-state index contributed by atoms with van der Waals surface area (Å²) in [6.07, 6.45) is 0. The number of ether oxygens (including phenoxy) is 1. The summed E-state index contributed by atoms with van der Waals surface area (Å²) >= 11 is 0. The molecule has 0 saturated heterocycles. The van der Waals surface area contributed by atoms with Crippen LogP contribution in [0, 0.1) is 0 Å². The summed E-state index contributed by atoms with van der Waals surface area (Å²) in [6.45, 7) is 1.72. The van der Waals surface area contributed by atoms with Crippen LogP contribution < -0.4 is 4.74 Å². The molecule has 0 atom stereocenters. The van der Waals surface area contributed by atoms with Gasteiger partial charge in [-0.1, -0.05) is 0 Å². The van der Waals surface area contributed by atoms with Gasteiger partial charge in [-0.05, 0) is 6.92 Å². The highest BCUT2D eigenvalue weighted by atomic mass is 16.5. The van der Waals surface area contributed by atoms with Gasteiger partial charge in [0.2, 0.25) is 11.5 Å². The number of benzene rings is 1. The summed E-state index contributed by atoms with van der Waals surface area (Å²) in [5, 5.41) is 36.3. The Kier molecular flexibility index (Phi) is 2.89. The van der Waals surface area contributed by atoms with Crippen LogP contribution in [-0.4, -0.2) is 33.0 Å². The quantitative estimate of drug-likeness (QED) is 0.557.